The predicted octanol–water partition coefficient (Wildman–Crippen LogP) is 1.95. The highest BCUT2D eigenvalue weighted by Gasteiger charge is 2.02. The molecule has 2 rings (SSSR count). The van der Waals surface area contributed by atoms with E-state index in [1.54, 1.807) is 18.2 Å². The van der Waals surface area contributed by atoms with Gasteiger partial charge in [0.1, 0.15) is 11.6 Å². The lowest BCUT2D eigenvalue weighted by Crippen LogP contribution is -2.36. The van der Waals surface area contributed by atoms with Crippen LogP contribution < -0.4 is 21.1 Å². The Bertz CT molecular complexity index is 747. The number of carbonyl (C=O) groups excluding carboxylic acids is 1. The third kappa shape index (κ3) is 6.80. The largest absolute Gasteiger partial charge is 0.484 e. The summed E-state index contributed by atoms with van der Waals surface area (Å²) in [5, 5.41) is 6.37. The van der Waals surface area contributed by atoms with Crippen molar-refractivity contribution in [2.75, 3.05) is 13.2 Å². The minimum absolute atomic E-state index is 0.158. The average molecular weight is 358 g/mol. The van der Waals surface area contributed by atoms with Crippen LogP contribution in [0, 0.1) is 5.82 Å². The van der Waals surface area contributed by atoms with E-state index < -0.39 is 5.91 Å². The summed E-state index contributed by atoms with van der Waals surface area (Å²) in [6.07, 6.45) is 0. The van der Waals surface area contributed by atoms with Crippen LogP contribution in [0.2, 0.25) is 0 Å². The van der Waals surface area contributed by atoms with E-state index in [4.69, 9.17) is 10.5 Å². The summed E-state index contributed by atoms with van der Waals surface area (Å²) < 4.78 is 18.2. The number of aliphatic imine (C=N–C) groups is 1. The highest BCUT2D eigenvalue weighted by Crippen LogP contribution is 2.14. The summed E-state index contributed by atoms with van der Waals surface area (Å²) in [5.41, 5.74) is 6.97. The van der Waals surface area contributed by atoms with Gasteiger partial charge >= 0.3 is 0 Å². The zero-order chi connectivity index (χ0) is 18.8. The number of rotatable bonds is 8. The molecule has 0 radical (unpaired) electrons. The fraction of sp³-hybridized carbons (Fsp3) is 0.263. The second-order valence-corrected chi connectivity index (χ2v) is 5.58. The smallest absolute Gasteiger partial charge is 0.255 e. The van der Waals surface area contributed by atoms with E-state index in [2.05, 4.69) is 15.6 Å². The zero-order valence-electron chi connectivity index (χ0n) is 14.7. The minimum Gasteiger partial charge on any atom is -0.484 e. The van der Waals surface area contributed by atoms with Gasteiger partial charge in [-0.3, -0.25) is 4.79 Å². The van der Waals surface area contributed by atoms with Crippen molar-refractivity contribution in [3.05, 3.63) is 65.5 Å². The lowest BCUT2D eigenvalue weighted by molar-refractivity contribution is -0.119. The second kappa shape index (κ2) is 10.0. The summed E-state index contributed by atoms with van der Waals surface area (Å²) in [7, 11) is 0. The van der Waals surface area contributed by atoms with Gasteiger partial charge in [-0.25, -0.2) is 9.38 Å². The van der Waals surface area contributed by atoms with Gasteiger partial charge in [-0.15, -0.1) is 0 Å². The molecular weight excluding hydrogens is 335 g/mol. The Morgan fingerprint density at radius 2 is 1.92 bits per heavy atom. The van der Waals surface area contributed by atoms with Crippen molar-refractivity contribution >= 4 is 11.9 Å². The van der Waals surface area contributed by atoms with Gasteiger partial charge in [0.05, 0.1) is 6.54 Å². The number of nitrogens with zero attached hydrogens (tertiary/aromatic N) is 1. The average Bonchev–Trinajstić information content (AvgIpc) is 2.64. The number of guanidine groups is 1. The van der Waals surface area contributed by atoms with E-state index in [0.29, 0.717) is 24.8 Å². The number of halogens is 1. The number of nitrogens with two attached hydrogens (primary N) is 1. The van der Waals surface area contributed by atoms with Crippen molar-refractivity contribution in [3.63, 3.8) is 0 Å². The second-order valence-electron chi connectivity index (χ2n) is 5.58. The summed E-state index contributed by atoms with van der Waals surface area (Å²) in [5.74, 6) is 0.446. The molecule has 26 heavy (non-hydrogen) atoms. The van der Waals surface area contributed by atoms with Crippen molar-refractivity contribution in [3.8, 4) is 5.75 Å². The van der Waals surface area contributed by atoms with Gasteiger partial charge in [-0.2, -0.15) is 0 Å². The molecule has 0 saturated heterocycles. The molecule has 0 unspecified atom stereocenters. The number of carbonyl (C=O) groups is 1. The first-order chi connectivity index (χ1) is 12.6. The maximum Gasteiger partial charge on any atom is 0.255 e. The van der Waals surface area contributed by atoms with E-state index in [-0.39, 0.29) is 12.4 Å². The lowest BCUT2D eigenvalue weighted by Gasteiger charge is -2.12. The number of hydrogen-bond donors (Lipinski definition) is 3. The quantitative estimate of drug-likeness (QED) is 0.497. The van der Waals surface area contributed by atoms with Crippen LogP contribution in [0.4, 0.5) is 4.39 Å². The molecule has 0 spiro atoms. The van der Waals surface area contributed by atoms with E-state index in [9.17, 15) is 9.18 Å². The van der Waals surface area contributed by atoms with Crippen LogP contribution in [0.25, 0.3) is 0 Å². The van der Waals surface area contributed by atoms with Gasteiger partial charge in [0.15, 0.2) is 12.6 Å². The number of benzene rings is 2. The van der Waals surface area contributed by atoms with Gasteiger partial charge < -0.3 is 21.1 Å². The van der Waals surface area contributed by atoms with Crippen LogP contribution in [-0.2, 0) is 17.9 Å². The molecule has 0 aromatic heterocycles. The maximum absolute atomic E-state index is 13.0. The standard InChI is InChI=1S/C19H23FN4O2/c1-2-22-19(23-11-14-6-8-16(20)9-7-14)24-12-15-4-3-5-17(10-15)26-13-18(21)25/h3-10H,2,11-13H2,1H3,(H2,21,25)(H2,22,23,24). The molecule has 1 amide bonds. The number of primary amides is 1. The van der Waals surface area contributed by atoms with Crippen LogP contribution in [-0.4, -0.2) is 25.0 Å². The van der Waals surface area contributed by atoms with Crippen LogP contribution in [0.5, 0.6) is 5.75 Å². The van der Waals surface area contributed by atoms with Crippen molar-refractivity contribution in [1.29, 1.82) is 0 Å². The molecule has 4 N–H and O–H groups in total. The monoisotopic (exact) mass is 358 g/mol. The fourth-order valence-electron chi connectivity index (χ4n) is 2.19. The van der Waals surface area contributed by atoms with Gasteiger partial charge in [0.2, 0.25) is 0 Å². The molecule has 0 aliphatic rings. The van der Waals surface area contributed by atoms with E-state index in [0.717, 1.165) is 17.7 Å². The molecule has 2 aromatic carbocycles. The van der Waals surface area contributed by atoms with Gasteiger partial charge in [0.25, 0.3) is 5.91 Å². The third-order valence-corrected chi connectivity index (χ3v) is 3.42. The number of ether oxygens (including phenoxy) is 1. The highest BCUT2D eigenvalue weighted by molar-refractivity contribution is 5.79. The number of amides is 1. The first kappa shape index (κ1) is 19.2. The molecule has 0 heterocycles. The van der Waals surface area contributed by atoms with Crippen LogP contribution in [0.15, 0.2) is 53.5 Å². The highest BCUT2D eigenvalue weighted by atomic mass is 19.1. The molecule has 0 atom stereocenters. The Morgan fingerprint density at radius 3 is 2.62 bits per heavy atom. The molecule has 0 aliphatic carbocycles. The maximum atomic E-state index is 13.0. The Morgan fingerprint density at radius 1 is 1.15 bits per heavy atom. The topological polar surface area (TPSA) is 88.7 Å². The van der Waals surface area contributed by atoms with Crippen LogP contribution >= 0.6 is 0 Å². The third-order valence-electron chi connectivity index (χ3n) is 3.42. The van der Waals surface area contributed by atoms with Gasteiger partial charge in [-0.1, -0.05) is 24.3 Å². The SMILES string of the molecule is CCNC(=NCc1cccc(OCC(N)=O)c1)NCc1ccc(F)cc1. The zero-order valence-corrected chi connectivity index (χ0v) is 14.7. The molecule has 0 bridgehead atoms. The molecule has 6 nitrogen and oxygen atoms in total. The number of nitrogens with one attached hydrogen (secondary N) is 2. The van der Waals surface area contributed by atoms with E-state index in [1.807, 2.05) is 25.1 Å². The van der Waals surface area contributed by atoms with Crippen molar-refractivity contribution in [2.45, 2.75) is 20.0 Å². The molecule has 0 fully saturated rings. The summed E-state index contributed by atoms with van der Waals surface area (Å²) in [4.78, 5) is 15.3. The first-order valence-electron chi connectivity index (χ1n) is 8.33. The van der Waals surface area contributed by atoms with Gasteiger partial charge in [0, 0.05) is 13.1 Å². The Labute approximate surface area is 152 Å². The Kier molecular flexibility index (Phi) is 7.42. The Hall–Kier alpha value is -3.09. The number of hydrogen-bond acceptors (Lipinski definition) is 3. The predicted molar refractivity (Wildman–Crippen MR) is 99.2 cm³/mol. The summed E-state index contributed by atoms with van der Waals surface area (Å²) >= 11 is 0. The summed E-state index contributed by atoms with van der Waals surface area (Å²) in [6.45, 7) is 3.51. The normalized spacial score (nSPS) is 11.1. The van der Waals surface area contributed by atoms with Crippen LogP contribution in [0.1, 0.15) is 18.1 Å². The summed E-state index contributed by atoms with van der Waals surface area (Å²) in [6, 6.07) is 13.6. The van der Waals surface area contributed by atoms with E-state index in [1.165, 1.54) is 12.1 Å². The van der Waals surface area contributed by atoms with Crippen molar-refractivity contribution in [2.24, 2.45) is 10.7 Å². The van der Waals surface area contributed by atoms with Crippen LogP contribution in [0.3, 0.4) is 0 Å². The van der Waals surface area contributed by atoms with Crippen molar-refractivity contribution in [1.82, 2.24) is 10.6 Å². The Balaban J connectivity index is 1.96. The molecular formula is C19H23FN4O2. The first-order valence-corrected chi connectivity index (χ1v) is 8.33. The molecule has 7 heteroatoms. The van der Waals surface area contributed by atoms with E-state index >= 15 is 0 Å². The minimum atomic E-state index is -0.521. The lowest BCUT2D eigenvalue weighted by atomic mass is 10.2. The van der Waals surface area contributed by atoms with Gasteiger partial charge in [-0.05, 0) is 42.3 Å². The molecule has 0 saturated carbocycles. The molecule has 138 valence electrons. The molecule has 2 aromatic rings. The fourth-order valence-corrected chi connectivity index (χ4v) is 2.19. The molecule has 0 aliphatic heterocycles. The van der Waals surface area contributed by atoms with Crippen molar-refractivity contribution < 1.29 is 13.9 Å².